The van der Waals surface area contributed by atoms with Crippen molar-refractivity contribution in [2.75, 3.05) is 12.0 Å². The van der Waals surface area contributed by atoms with Gasteiger partial charge in [0, 0.05) is 5.02 Å². The third kappa shape index (κ3) is 8.81. The zero-order valence-electron chi connectivity index (χ0n) is 15.9. The molecule has 0 aliphatic carbocycles. The van der Waals surface area contributed by atoms with E-state index in [1.54, 1.807) is 6.21 Å². The fraction of sp³-hybridized carbons (Fsp3) is 0.409. The molecule has 0 saturated heterocycles. The average Bonchev–Trinajstić information content (AvgIpc) is 2.65. The number of rotatable bonds is 12. The first-order valence-electron chi connectivity index (χ1n) is 9.66. The number of halogens is 2. The van der Waals surface area contributed by atoms with Gasteiger partial charge in [0.25, 0.3) is 0 Å². The summed E-state index contributed by atoms with van der Waals surface area (Å²) in [5.74, 6) is 0.876. The maximum absolute atomic E-state index is 5.96. The van der Waals surface area contributed by atoms with Crippen LogP contribution in [0.3, 0.4) is 0 Å². The fourth-order valence-electron chi connectivity index (χ4n) is 2.70. The van der Waals surface area contributed by atoms with Crippen LogP contribution in [0.15, 0.2) is 52.0 Å². The Hall–Kier alpha value is -1.52. The number of hydrogen-bond acceptors (Lipinski definition) is 3. The smallest absolute Gasteiger partial charge is 0.133 e. The standard InChI is InChI=1S/C22H28BrClN2O/c1-2-3-4-5-6-7-8-14-27-22-13-12-18(15-21(22)23)17-25-26-20-11-9-10-19(24)16-20/h9-13,15-17,26H,2-8,14H2,1H3. The molecular weight excluding hydrogens is 424 g/mol. The van der Waals surface area contributed by atoms with Gasteiger partial charge >= 0.3 is 0 Å². The number of unbranched alkanes of at least 4 members (excludes halogenated alkanes) is 6. The van der Waals surface area contributed by atoms with E-state index in [0.29, 0.717) is 5.02 Å². The Morgan fingerprint density at radius 2 is 1.81 bits per heavy atom. The van der Waals surface area contributed by atoms with Crippen LogP contribution in [-0.4, -0.2) is 12.8 Å². The molecule has 1 N–H and O–H groups in total. The molecule has 0 unspecified atom stereocenters. The van der Waals surface area contributed by atoms with E-state index in [9.17, 15) is 0 Å². The Kier molecular flexibility index (Phi) is 10.3. The van der Waals surface area contributed by atoms with Gasteiger partial charge in [0.15, 0.2) is 0 Å². The zero-order valence-corrected chi connectivity index (χ0v) is 18.2. The van der Waals surface area contributed by atoms with Crippen molar-refractivity contribution in [3.05, 3.63) is 57.5 Å². The lowest BCUT2D eigenvalue weighted by Gasteiger charge is -2.09. The SMILES string of the molecule is CCCCCCCCCOc1ccc(C=NNc2cccc(Cl)c2)cc1Br. The van der Waals surface area contributed by atoms with Gasteiger partial charge in [0.1, 0.15) is 5.75 Å². The molecule has 0 aromatic heterocycles. The summed E-state index contributed by atoms with van der Waals surface area (Å²) in [6, 6.07) is 13.4. The first-order valence-corrected chi connectivity index (χ1v) is 10.8. The van der Waals surface area contributed by atoms with Gasteiger partial charge in [-0.2, -0.15) is 5.10 Å². The summed E-state index contributed by atoms with van der Waals surface area (Å²) in [5.41, 5.74) is 4.81. The normalized spacial score (nSPS) is 11.1. The second-order valence-electron chi connectivity index (χ2n) is 6.54. The highest BCUT2D eigenvalue weighted by atomic mass is 79.9. The van der Waals surface area contributed by atoms with Gasteiger partial charge < -0.3 is 4.74 Å². The van der Waals surface area contributed by atoms with Crippen LogP contribution in [0.4, 0.5) is 5.69 Å². The maximum Gasteiger partial charge on any atom is 0.133 e. The van der Waals surface area contributed by atoms with Gasteiger partial charge in [-0.25, -0.2) is 0 Å². The van der Waals surface area contributed by atoms with Gasteiger partial charge in [-0.1, -0.05) is 63.1 Å². The van der Waals surface area contributed by atoms with Crippen LogP contribution in [0.2, 0.25) is 5.02 Å². The molecule has 0 saturated carbocycles. The first-order chi connectivity index (χ1) is 13.2. The van der Waals surface area contributed by atoms with Crippen LogP contribution in [0.5, 0.6) is 5.75 Å². The molecule has 0 aliphatic rings. The molecule has 0 spiro atoms. The van der Waals surface area contributed by atoms with Crippen molar-refractivity contribution >= 4 is 39.4 Å². The molecule has 27 heavy (non-hydrogen) atoms. The maximum atomic E-state index is 5.96. The lowest BCUT2D eigenvalue weighted by Crippen LogP contribution is -1.98. The molecule has 2 aromatic carbocycles. The Morgan fingerprint density at radius 1 is 1.04 bits per heavy atom. The highest BCUT2D eigenvalue weighted by Gasteiger charge is 2.02. The van der Waals surface area contributed by atoms with Gasteiger partial charge in [-0.15, -0.1) is 0 Å². The molecule has 5 heteroatoms. The van der Waals surface area contributed by atoms with Crippen LogP contribution in [0.25, 0.3) is 0 Å². The largest absolute Gasteiger partial charge is 0.492 e. The number of anilines is 1. The second kappa shape index (κ2) is 12.8. The molecule has 3 nitrogen and oxygen atoms in total. The number of hydrogen-bond donors (Lipinski definition) is 1. The molecule has 146 valence electrons. The molecule has 0 radical (unpaired) electrons. The van der Waals surface area contributed by atoms with E-state index in [-0.39, 0.29) is 0 Å². The summed E-state index contributed by atoms with van der Waals surface area (Å²) < 4.78 is 6.83. The predicted molar refractivity (Wildman–Crippen MR) is 120 cm³/mol. The quantitative estimate of drug-likeness (QED) is 0.204. The number of nitrogens with one attached hydrogen (secondary N) is 1. The molecule has 2 rings (SSSR count). The van der Waals surface area contributed by atoms with Crippen molar-refractivity contribution < 1.29 is 4.74 Å². The highest BCUT2D eigenvalue weighted by Crippen LogP contribution is 2.26. The van der Waals surface area contributed by atoms with Gasteiger partial charge in [-0.05, 0) is 64.3 Å². The Morgan fingerprint density at radius 3 is 2.56 bits per heavy atom. The summed E-state index contributed by atoms with van der Waals surface area (Å²) in [5, 5.41) is 4.93. The molecule has 0 heterocycles. The van der Waals surface area contributed by atoms with Gasteiger partial charge in [0.2, 0.25) is 0 Å². The van der Waals surface area contributed by atoms with E-state index < -0.39 is 0 Å². The van der Waals surface area contributed by atoms with E-state index in [0.717, 1.165) is 34.5 Å². The fourth-order valence-corrected chi connectivity index (χ4v) is 3.40. The van der Waals surface area contributed by atoms with Crippen LogP contribution < -0.4 is 10.2 Å². The average molecular weight is 452 g/mol. The summed E-state index contributed by atoms with van der Waals surface area (Å²) >= 11 is 9.54. The summed E-state index contributed by atoms with van der Waals surface area (Å²) in [4.78, 5) is 0. The Bertz CT molecular complexity index is 721. The van der Waals surface area contributed by atoms with Crippen molar-refractivity contribution in [3.63, 3.8) is 0 Å². The van der Waals surface area contributed by atoms with E-state index in [2.05, 4.69) is 33.4 Å². The van der Waals surface area contributed by atoms with Crippen molar-refractivity contribution in [1.29, 1.82) is 0 Å². The molecule has 0 atom stereocenters. The summed E-state index contributed by atoms with van der Waals surface area (Å²) in [6.45, 7) is 3.01. The Labute approximate surface area is 176 Å². The molecular formula is C22H28BrClN2O. The van der Waals surface area contributed by atoms with E-state index in [4.69, 9.17) is 16.3 Å². The minimum absolute atomic E-state index is 0.681. The summed E-state index contributed by atoms with van der Waals surface area (Å²) in [6.07, 6.45) is 10.8. The minimum atomic E-state index is 0.681. The van der Waals surface area contributed by atoms with Crippen LogP contribution >= 0.6 is 27.5 Å². The van der Waals surface area contributed by atoms with E-state index in [1.165, 1.54) is 38.5 Å². The molecule has 0 aliphatic heterocycles. The number of benzene rings is 2. The summed E-state index contributed by atoms with van der Waals surface area (Å²) in [7, 11) is 0. The van der Waals surface area contributed by atoms with Crippen LogP contribution in [0.1, 0.15) is 57.4 Å². The number of ether oxygens (including phenoxy) is 1. The van der Waals surface area contributed by atoms with Crippen molar-refractivity contribution in [3.8, 4) is 5.75 Å². The predicted octanol–water partition coefficient (Wildman–Crippen LogP) is 7.68. The number of nitrogens with zero attached hydrogens (tertiary/aromatic N) is 1. The monoisotopic (exact) mass is 450 g/mol. The molecule has 0 bridgehead atoms. The third-order valence-corrected chi connectivity index (χ3v) is 5.05. The number of hydrazone groups is 1. The van der Waals surface area contributed by atoms with Crippen LogP contribution in [0, 0.1) is 0 Å². The highest BCUT2D eigenvalue weighted by molar-refractivity contribution is 9.10. The first kappa shape index (κ1) is 21.8. The lowest BCUT2D eigenvalue weighted by molar-refractivity contribution is 0.302. The Balaban J connectivity index is 1.72. The van der Waals surface area contributed by atoms with Crippen LogP contribution in [-0.2, 0) is 0 Å². The van der Waals surface area contributed by atoms with E-state index in [1.807, 2.05) is 42.5 Å². The topological polar surface area (TPSA) is 33.6 Å². The van der Waals surface area contributed by atoms with Gasteiger partial charge in [-0.3, -0.25) is 5.43 Å². The molecule has 2 aromatic rings. The van der Waals surface area contributed by atoms with Crippen molar-refractivity contribution in [2.24, 2.45) is 5.10 Å². The second-order valence-corrected chi connectivity index (χ2v) is 7.83. The zero-order chi connectivity index (χ0) is 19.3. The third-order valence-electron chi connectivity index (χ3n) is 4.19. The molecule has 0 amide bonds. The van der Waals surface area contributed by atoms with Gasteiger partial charge in [0.05, 0.1) is 23.0 Å². The molecule has 0 fully saturated rings. The van der Waals surface area contributed by atoms with Crippen molar-refractivity contribution in [2.45, 2.75) is 51.9 Å². The van der Waals surface area contributed by atoms with Crippen molar-refractivity contribution in [1.82, 2.24) is 0 Å². The minimum Gasteiger partial charge on any atom is -0.492 e. The lowest BCUT2D eigenvalue weighted by atomic mass is 10.1. The van der Waals surface area contributed by atoms with E-state index >= 15 is 0 Å².